The van der Waals surface area contributed by atoms with Gasteiger partial charge in [0.05, 0.1) is 16.8 Å². The maximum absolute atomic E-state index is 12.5. The molecule has 0 radical (unpaired) electrons. The summed E-state index contributed by atoms with van der Waals surface area (Å²) in [5.74, 6) is 1.12. The zero-order valence-corrected chi connectivity index (χ0v) is 18.0. The number of carbonyl (C=O) groups is 1. The van der Waals surface area contributed by atoms with Gasteiger partial charge in [0.15, 0.2) is 11.5 Å². The van der Waals surface area contributed by atoms with Crippen LogP contribution in [0.5, 0.6) is 0 Å². The number of benzene rings is 1. The number of amides is 1. The van der Waals surface area contributed by atoms with Crippen LogP contribution in [0.1, 0.15) is 37.4 Å². The molecule has 4 aromatic rings. The van der Waals surface area contributed by atoms with Crippen molar-refractivity contribution in [3.63, 3.8) is 0 Å². The number of fused-ring (bicyclic) bond motifs is 3. The summed E-state index contributed by atoms with van der Waals surface area (Å²) < 4.78 is 3.60. The third-order valence-corrected chi connectivity index (χ3v) is 5.85. The Morgan fingerprint density at radius 3 is 2.87 bits per heavy atom. The smallest absolute Gasteiger partial charge is 0.242 e. The summed E-state index contributed by atoms with van der Waals surface area (Å²) >= 11 is 0. The van der Waals surface area contributed by atoms with Crippen molar-refractivity contribution < 1.29 is 4.79 Å². The molecule has 1 aliphatic heterocycles. The zero-order valence-electron chi connectivity index (χ0n) is 18.0. The van der Waals surface area contributed by atoms with E-state index >= 15 is 0 Å². The number of hydrogen-bond donors (Lipinski definition) is 2. The first-order valence-corrected chi connectivity index (χ1v) is 10.8. The van der Waals surface area contributed by atoms with Gasteiger partial charge >= 0.3 is 0 Å². The van der Waals surface area contributed by atoms with Crippen molar-refractivity contribution in [2.24, 2.45) is 0 Å². The van der Waals surface area contributed by atoms with Gasteiger partial charge in [-0.1, -0.05) is 12.1 Å². The highest BCUT2D eigenvalue weighted by Gasteiger charge is 2.24. The van der Waals surface area contributed by atoms with Gasteiger partial charge in [0.25, 0.3) is 0 Å². The van der Waals surface area contributed by atoms with E-state index in [0.29, 0.717) is 24.0 Å². The quantitative estimate of drug-likeness (QED) is 0.528. The lowest BCUT2D eigenvalue weighted by molar-refractivity contribution is -0.121. The molecule has 9 heteroatoms. The molecule has 9 nitrogen and oxygen atoms in total. The molecule has 1 aliphatic rings. The summed E-state index contributed by atoms with van der Waals surface area (Å²) in [6.07, 6.45) is 4.68. The van der Waals surface area contributed by atoms with Crippen molar-refractivity contribution in [1.82, 2.24) is 34.7 Å². The van der Waals surface area contributed by atoms with Gasteiger partial charge in [0.2, 0.25) is 11.9 Å². The van der Waals surface area contributed by atoms with Gasteiger partial charge in [-0.3, -0.25) is 9.48 Å². The lowest BCUT2D eigenvalue weighted by Gasteiger charge is -2.17. The van der Waals surface area contributed by atoms with Crippen LogP contribution in [-0.2, 0) is 11.3 Å². The summed E-state index contributed by atoms with van der Waals surface area (Å²) in [5, 5.41) is 16.6. The minimum absolute atomic E-state index is 0.00210. The fourth-order valence-electron chi connectivity index (χ4n) is 4.11. The molecule has 2 N–H and O–H groups in total. The van der Waals surface area contributed by atoms with Crippen LogP contribution < -0.4 is 10.6 Å². The predicted octanol–water partition coefficient (Wildman–Crippen LogP) is 2.86. The highest BCUT2D eigenvalue weighted by molar-refractivity contribution is 5.95. The maximum Gasteiger partial charge on any atom is 0.242 e. The van der Waals surface area contributed by atoms with Gasteiger partial charge in [-0.15, -0.1) is 5.10 Å². The van der Waals surface area contributed by atoms with E-state index in [2.05, 4.69) is 15.7 Å². The van der Waals surface area contributed by atoms with Crippen LogP contribution in [0, 0.1) is 13.8 Å². The number of para-hydroxylation sites is 1. The van der Waals surface area contributed by atoms with E-state index in [1.54, 1.807) is 4.52 Å². The van der Waals surface area contributed by atoms with Crippen LogP contribution >= 0.6 is 0 Å². The average Bonchev–Trinajstić information content (AvgIpc) is 3.31. The largest absolute Gasteiger partial charge is 0.354 e. The topological polar surface area (TPSA) is 102 Å². The molecule has 0 saturated carbocycles. The lowest BCUT2D eigenvalue weighted by Crippen LogP contribution is -2.38. The summed E-state index contributed by atoms with van der Waals surface area (Å²) in [6, 6.07) is 5.69. The monoisotopic (exact) mass is 418 g/mol. The number of anilines is 1. The number of carbonyl (C=O) groups excluding carboxylic acids is 1. The second kappa shape index (κ2) is 7.64. The first kappa shape index (κ1) is 19.5. The van der Waals surface area contributed by atoms with Crippen molar-refractivity contribution in [3.05, 3.63) is 35.7 Å². The van der Waals surface area contributed by atoms with Crippen LogP contribution in [0.15, 0.2) is 24.4 Å². The van der Waals surface area contributed by atoms with Crippen LogP contribution in [0.2, 0.25) is 0 Å². The fraction of sp³-hybridized carbons (Fsp3) is 0.409. The van der Waals surface area contributed by atoms with E-state index in [1.165, 1.54) is 0 Å². The Labute approximate surface area is 179 Å². The standard InChI is InChI=1S/C22H26N8O/c1-4-29-12-16(14(3)27-29)19-26-20-15-9-7-8-13(2)18(15)25-22(30(20)28-19)24-17-10-5-6-11-23-21(17)31/h7-9,12,17H,4-6,10-11H2,1-3H3,(H,23,31)(H,24,25)/t17-/m1/s1. The van der Waals surface area contributed by atoms with Gasteiger partial charge < -0.3 is 10.6 Å². The van der Waals surface area contributed by atoms with Gasteiger partial charge in [0, 0.05) is 24.7 Å². The molecular formula is C22H26N8O. The van der Waals surface area contributed by atoms with Gasteiger partial charge in [0.1, 0.15) is 6.04 Å². The second-order valence-corrected chi connectivity index (χ2v) is 8.04. The molecular weight excluding hydrogens is 392 g/mol. The highest BCUT2D eigenvalue weighted by Crippen LogP contribution is 2.27. The second-order valence-electron chi connectivity index (χ2n) is 8.04. The van der Waals surface area contributed by atoms with Gasteiger partial charge in [-0.25, -0.2) is 9.97 Å². The van der Waals surface area contributed by atoms with E-state index in [-0.39, 0.29) is 11.9 Å². The SMILES string of the molecule is CCn1cc(-c2nc3c4cccc(C)c4nc(N[C@@H]4CCCCNC4=O)n3n2)c(C)n1. The molecule has 1 atom stereocenters. The molecule has 0 bridgehead atoms. The predicted molar refractivity (Wildman–Crippen MR) is 119 cm³/mol. The molecule has 31 heavy (non-hydrogen) atoms. The van der Waals surface area contributed by atoms with Crippen LogP contribution in [0.25, 0.3) is 27.9 Å². The van der Waals surface area contributed by atoms with Crippen LogP contribution in [0.3, 0.4) is 0 Å². The minimum Gasteiger partial charge on any atom is -0.354 e. The first-order chi connectivity index (χ1) is 15.0. The van der Waals surface area contributed by atoms with E-state index in [0.717, 1.165) is 53.5 Å². The molecule has 3 aromatic heterocycles. The summed E-state index contributed by atoms with van der Waals surface area (Å²) in [5.41, 5.74) is 4.39. The van der Waals surface area contributed by atoms with Crippen molar-refractivity contribution in [2.75, 3.05) is 11.9 Å². The van der Waals surface area contributed by atoms with Gasteiger partial charge in [-0.2, -0.15) is 9.61 Å². The summed E-state index contributed by atoms with van der Waals surface area (Å²) in [7, 11) is 0. The first-order valence-electron chi connectivity index (χ1n) is 10.8. The van der Waals surface area contributed by atoms with Crippen LogP contribution in [0.4, 0.5) is 5.95 Å². The summed E-state index contributed by atoms with van der Waals surface area (Å²) in [4.78, 5) is 22.3. The number of nitrogens with zero attached hydrogens (tertiary/aromatic N) is 6. The maximum atomic E-state index is 12.5. The molecule has 0 aliphatic carbocycles. The van der Waals surface area contributed by atoms with Gasteiger partial charge in [-0.05, 0) is 51.7 Å². The third-order valence-electron chi connectivity index (χ3n) is 5.85. The number of hydrogen-bond acceptors (Lipinski definition) is 6. The Bertz CT molecular complexity index is 1290. The number of aromatic nitrogens is 6. The molecule has 1 amide bonds. The lowest BCUT2D eigenvalue weighted by atomic mass is 10.1. The van der Waals surface area contributed by atoms with Crippen LogP contribution in [-0.4, -0.2) is 47.9 Å². The minimum atomic E-state index is -0.350. The van der Waals surface area contributed by atoms with Crippen molar-refractivity contribution in [3.8, 4) is 11.4 Å². The molecule has 0 unspecified atom stereocenters. The molecule has 1 aromatic carbocycles. The van der Waals surface area contributed by atoms with Crippen molar-refractivity contribution in [1.29, 1.82) is 0 Å². The number of rotatable bonds is 4. The Morgan fingerprint density at radius 2 is 2.06 bits per heavy atom. The Balaban J connectivity index is 1.69. The summed E-state index contributed by atoms with van der Waals surface area (Å²) in [6.45, 7) is 7.53. The fourth-order valence-corrected chi connectivity index (χ4v) is 4.11. The molecule has 5 rings (SSSR count). The Kier molecular flexibility index (Phi) is 4.80. The number of nitrogens with one attached hydrogen (secondary N) is 2. The van der Waals surface area contributed by atoms with E-state index in [4.69, 9.17) is 15.1 Å². The van der Waals surface area contributed by atoms with E-state index in [9.17, 15) is 4.79 Å². The molecule has 1 fully saturated rings. The van der Waals surface area contributed by atoms with E-state index in [1.807, 2.05) is 49.8 Å². The average molecular weight is 419 g/mol. The third kappa shape index (κ3) is 3.39. The molecule has 0 spiro atoms. The normalized spacial score (nSPS) is 17.1. The Morgan fingerprint density at radius 1 is 1.19 bits per heavy atom. The highest BCUT2D eigenvalue weighted by atomic mass is 16.2. The zero-order chi connectivity index (χ0) is 21.5. The van der Waals surface area contributed by atoms with Crippen molar-refractivity contribution in [2.45, 2.75) is 52.6 Å². The number of aryl methyl sites for hydroxylation is 3. The Hall–Kier alpha value is -3.49. The van der Waals surface area contributed by atoms with Crippen molar-refractivity contribution >= 4 is 28.4 Å². The molecule has 160 valence electrons. The molecule has 4 heterocycles. The molecule has 1 saturated heterocycles. The van der Waals surface area contributed by atoms with E-state index < -0.39 is 0 Å².